The van der Waals surface area contributed by atoms with Gasteiger partial charge >= 0.3 is 0 Å². The van der Waals surface area contributed by atoms with Crippen LogP contribution in [0.25, 0.3) is 0 Å². The molecule has 2 aromatic carbocycles. The average Bonchev–Trinajstić information content (AvgIpc) is 2.73. The second-order valence-electron chi connectivity index (χ2n) is 4.43. The smallest absolute Gasteiger partial charge is 0.0769 e. The molecule has 0 bridgehead atoms. The van der Waals surface area contributed by atoms with Gasteiger partial charge in [-0.1, -0.05) is 36.4 Å². The Kier molecular flexibility index (Phi) is 1.94. The summed E-state index contributed by atoms with van der Waals surface area (Å²) in [6, 6.07) is 17.1. The van der Waals surface area contributed by atoms with Gasteiger partial charge in [-0.15, -0.1) is 11.8 Å². The number of benzene rings is 2. The molecular formula is C15H11NS. The lowest BCUT2D eigenvalue weighted by Crippen LogP contribution is -2.15. The van der Waals surface area contributed by atoms with Crippen molar-refractivity contribution in [2.75, 3.05) is 0 Å². The van der Waals surface area contributed by atoms with E-state index in [9.17, 15) is 0 Å². The van der Waals surface area contributed by atoms with Crippen LogP contribution >= 0.6 is 11.8 Å². The minimum Gasteiger partial charge on any atom is -0.250 e. The molecule has 0 amide bonds. The summed E-state index contributed by atoms with van der Waals surface area (Å²) < 4.78 is 0. The molecule has 1 aliphatic heterocycles. The number of thioether (sulfide) groups is 1. The Labute approximate surface area is 105 Å². The summed E-state index contributed by atoms with van der Waals surface area (Å²) in [7, 11) is 0. The van der Waals surface area contributed by atoms with Gasteiger partial charge in [-0.3, -0.25) is 4.99 Å². The van der Waals surface area contributed by atoms with Gasteiger partial charge in [0.15, 0.2) is 0 Å². The Balaban J connectivity index is 1.91. The zero-order chi connectivity index (χ0) is 11.2. The predicted octanol–water partition coefficient (Wildman–Crippen LogP) is 3.84. The van der Waals surface area contributed by atoms with Gasteiger partial charge < -0.3 is 0 Å². The van der Waals surface area contributed by atoms with Gasteiger partial charge in [-0.25, -0.2) is 0 Å². The van der Waals surface area contributed by atoms with Crippen molar-refractivity contribution < 1.29 is 0 Å². The van der Waals surface area contributed by atoms with E-state index >= 15 is 0 Å². The van der Waals surface area contributed by atoms with Gasteiger partial charge in [0, 0.05) is 10.5 Å². The number of rotatable bonds is 0. The van der Waals surface area contributed by atoms with Crippen LogP contribution < -0.4 is 0 Å². The van der Waals surface area contributed by atoms with Crippen molar-refractivity contribution in [3.8, 4) is 0 Å². The maximum Gasteiger partial charge on any atom is 0.0769 e. The van der Waals surface area contributed by atoms with Crippen LogP contribution in [0.15, 0.2) is 58.4 Å². The minimum absolute atomic E-state index is 0.516. The highest BCUT2D eigenvalue weighted by Gasteiger charge is 2.32. The third kappa shape index (κ3) is 1.37. The van der Waals surface area contributed by atoms with Crippen molar-refractivity contribution in [3.63, 3.8) is 0 Å². The highest BCUT2D eigenvalue weighted by Crippen LogP contribution is 2.43. The van der Waals surface area contributed by atoms with E-state index in [4.69, 9.17) is 4.99 Å². The van der Waals surface area contributed by atoms with Crippen LogP contribution in [-0.4, -0.2) is 11.0 Å². The van der Waals surface area contributed by atoms with Gasteiger partial charge in [-0.2, -0.15) is 0 Å². The Bertz CT molecular complexity index is 624. The van der Waals surface area contributed by atoms with Crippen LogP contribution in [-0.2, 0) is 6.42 Å². The SMILES string of the molecule is c1ccc2c(c1)CC1Sc3ccccc3N=C21. The third-order valence-corrected chi connectivity index (χ3v) is 4.65. The van der Waals surface area contributed by atoms with Crippen molar-refractivity contribution in [2.45, 2.75) is 16.6 Å². The molecule has 1 aliphatic carbocycles. The first kappa shape index (κ1) is 9.49. The average molecular weight is 237 g/mol. The lowest BCUT2D eigenvalue weighted by Gasteiger charge is -2.18. The zero-order valence-electron chi connectivity index (χ0n) is 9.26. The number of para-hydroxylation sites is 1. The molecule has 2 aliphatic rings. The van der Waals surface area contributed by atoms with E-state index in [0.29, 0.717) is 5.25 Å². The van der Waals surface area contributed by atoms with Crippen LogP contribution in [0, 0.1) is 0 Å². The molecule has 4 rings (SSSR count). The van der Waals surface area contributed by atoms with E-state index in [0.717, 1.165) is 12.1 Å². The van der Waals surface area contributed by atoms with Gasteiger partial charge in [0.2, 0.25) is 0 Å². The molecule has 82 valence electrons. The highest BCUT2D eigenvalue weighted by molar-refractivity contribution is 8.01. The van der Waals surface area contributed by atoms with E-state index in [2.05, 4.69) is 48.5 Å². The van der Waals surface area contributed by atoms with Crippen molar-refractivity contribution >= 4 is 23.2 Å². The van der Waals surface area contributed by atoms with Crippen LogP contribution in [0.3, 0.4) is 0 Å². The van der Waals surface area contributed by atoms with Gasteiger partial charge in [-0.05, 0) is 24.1 Å². The van der Waals surface area contributed by atoms with Gasteiger partial charge in [0.25, 0.3) is 0 Å². The molecule has 0 aromatic heterocycles. The fourth-order valence-corrected chi connectivity index (χ4v) is 3.83. The molecule has 0 saturated heterocycles. The molecule has 1 nitrogen and oxygen atoms in total. The topological polar surface area (TPSA) is 12.4 Å². The number of hydrogen-bond donors (Lipinski definition) is 0. The first-order chi connectivity index (χ1) is 8.42. The number of fused-ring (bicyclic) bond motifs is 4. The second kappa shape index (κ2) is 3.47. The zero-order valence-corrected chi connectivity index (χ0v) is 10.1. The Morgan fingerprint density at radius 2 is 1.82 bits per heavy atom. The first-order valence-corrected chi connectivity index (χ1v) is 6.72. The third-order valence-electron chi connectivity index (χ3n) is 3.38. The normalized spacial score (nSPS) is 20.2. The summed E-state index contributed by atoms with van der Waals surface area (Å²) in [4.78, 5) is 6.16. The highest BCUT2D eigenvalue weighted by atomic mass is 32.2. The summed E-state index contributed by atoms with van der Waals surface area (Å²) in [5.74, 6) is 0. The summed E-state index contributed by atoms with van der Waals surface area (Å²) in [6.45, 7) is 0. The van der Waals surface area contributed by atoms with Crippen molar-refractivity contribution in [1.29, 1.82) is 0 Å². The fraction of sp³-hybridized carbons (Fsp3) is 0.133. The molecule has 1 atom stereocenters. The van der Waals surface area contributed by atoms with E-state index in [1.165, 1.54) is 21.7 Å². The van der Waals surface area contributed by atoms with E-state index in [1.807, 2.05) is 11.8 Å². The molecule has 0 radical (unpaired) electrons. The molecule has 2 aromatic rings. The first-order valence-electron chi connectivity index (χ1n) is 5.84. The summed E-state index contributed by atoms with van der Waals surface area (Å²) in [5.41, 5.74) is 5.18. The van der Waals surface area contributed by atoms with Crippen LogP contribution in [0.5, 0.6) is 0 Å². The molecule has 2 heteroatoms. The van der Waals surface area contributed by atoms with Crippen molar-refractivity contribution in [3.05, 3.63) is 59.7 Å². The molecule has 17 heavy (non-hydrogen) atoms. The molecular weight excluding hydrogens is 226 g/mol. The Morgan fingerprint density at radius 3 is 2.82 bits per heavy atom. The van der Waals surface area contributed by atoms with E-state index in [1.54, 1.807) is 0 Å². The largest absolute Gasteiger partial charge is 0.250 e. The lowest BCUT2D eigenvalue weighted by atomic mass is 10.1. The maximum absolute atomic E-state index is 4.84. The monoisotopic (exact) mass is 237 g/mol. The minimum atomic E-state index is 0.516. The molecule has 0 spiro atoms. The number of hydrogen-bond acceptors (Lipinski definition) is 2. The summed E-state index contributed by atoms with van der Waals surface area (Å²) in [6.07, 6.45) is 1.12. The van der Waals surface area contributed by atoms with Crippen LogP contribution in [0.1, 0.15) is 11.1 Å². The number of aliphatic imine (C=N–C) groups is 1. The molecule has 1 heterocycles. The summed E-state index contributed by atoms with van der Waals surface area (Å²) in [5, 5.41) is 0.516. The quantitative estimate of drug-likeness (QED) is 0.678. The van der Waals surface area contributed by atoms with Gasteiger partial charge in [0.1, 0.15) is 0 Å². The van der Waals surface area contributed by atoms with Crippen molar-refractivity contribution in [2.24, 2.45) is 4.99 Å². The van der Waals surface area contributed by atoms with Gasteiger partial charge in [0.05, 0.1) is 16.6 Å². The van der Waals surface area contributed by atoms with Crippen LogP contribution in [0.4, 0.5) is 5.69 Å². The summed E-state index contributed by atoms with van der Waals surface area (Å²) >= 11 is 1.95. The maximum atomic E-state index is 4.84. The fourth-order valence-electron chi connectivity index (χ4n) is 2.58. The second-order valence-corrected chi connectivity index (χ2v) is 5.68. The molecule has 1 unspecified atom stereocenters. The van der Waals surface area contributed by atoms with Crippen LogP contribution in [0.2, 0.25) is 0 Å². The van der Waals surface area contributed by atoms with E-state index in [-0.39, 0.29) is 0 Å². The number of nitrogens with zero attached hydrogens (tertiary/aromatic N) is 1. The van der Waals surface area contributed by atoms with E-state index < -0.39 is 0 Å². The molecule has 0 N–H and O–H groups in total. The Hall–Kier alpha value is -1.54. The molecule has 0 saturated carbocycles. The van der Waals surface area contributed by atoms with Crippen molar-refractivity contribution in [1.82, 2.24) is 0 Å². The standard InChI is InChI=1S/C15H11NS/c1-2-6-11-10(5-1)9-14-15(11)16-12-7-3-4-8-13(12)17-14/h1-8,14H,9H2. The lowest BCUT2D eigenvalue weighted by molar-refractivity contribution is 1.10. The molecule has 0 fully saturated rings. The Morgan fingerprint density at radius 1 is 1.00 bits per heavy atom. The predicted molar refractivity (Wildman–Crippen MR) is 72.4 cm³/mol.